The van der Waals surface area contributed by atoms with Gasteiger partial charge in [-0.1, -0.05) is 36.1 Å². The zero-order valence-electron chi connectivity index (χ0n) is 19.9. The van der Waals surface area contributed by atoms with Crippen LogP contribution in [0.25, 0.3) is 17.4 Å². The average molecular weight is 510 g/mol. The minimum Gasteiger partial charge on any atom is -0.497 e. The fraction of sp³-hybridized carbons (Fsp3) is 0.500. The Bertz CT molecular complexity index is 1160. The number of amides is 1. The van der Waals surface area contributed by atoms with Gasteiger partial charge in [0.05, 0.1) is 12.0 Å². The van der Waals surface area contributed by atoms with Gasteiger partial charge < -0.3 is 14.3 Å². The first kappa shape index (κ1) is 23.3. The Hall–Kier alpha value is -2.09. The van der Waals surface area contributed by atoms with Crippen molar-refractivity contribution in [1.82, 2.24) is 4.90 Å². The molecule has 35 heavy (non-hydrogen) atoms. The molecule has 0 unspecified atom stereocenters. The number of hydrogen-bond donors (Lipinski definition) is 1. The molecule has 1 aliphatic heterocycles. The monoisotopic (exact) mass is 509 g/mol. The van der Waals surface area contributed by atoms with Crippen molar-refractivity contribution < 1.29 is 19.1 Å². The number of carbonyl (C=O) groups is 1. The van der Waals surface area contributed by atoms with Crippen LogP contribution in [0.3, 0.4) is 0 Å². The molecule has 4 saturated carbocycles. The third-order valence-electron chi connectivity index (χ3n) is 8.36. The van der Waals surface area contributed by atoms with Crippen molar-refractivity contribution in [2.45, 2.75) is 51.0 Å². The van der Waals surface area contributed by atoms with Gasteiger partial charge >= 0.3 is 0 Å². The van der Waals surface area contributed by atoms with Gasteiger partial charge in [0.1, 0.15) is 21.6 Å². The van der Waals surface area contributed by atoms with Crippen LogP contribution < -0.4 is 4.74 Å². The summed E-state index contributed by atoms with van der Waals surface area (Å²) in [5.41, 5.74) is 1.90. The molecule has 1 N–H and O–H groups in total. The molecule has 0 spiro atoms. The van der Waals surface area contributed by atoms with E-state index < -0.39 is 0 Å². The highest BCUT2D eigenvalue weighted by molar-refractivity contribution is 8.26. The van der Waals surface area contributed by atoms with Gasteiger partial charge in [0.15, 0.2) is 0 Å². The van der Waals surface area contributed by atoms with E-state index in [9.17, 15) is 9.90 Å². The van der Waals surface area contributed by atoms with Crippen LogP contribution in [0.15, 0.2) is 39.7 Å². The van der Waals surface area contributed by atoms with Gasteiger partial charge in [-0.2, -0.15) is 0 Å². The molecule has 5 fully saturated rings. The van der Waals surface area contributed by atoms with Crippen LogP contribution >= 0.6 is 24.0 Å². The van der Waals surface area contributed by atoms with Crippen molar-refractivity contribution in [3.63, 3.8) is 0 Å². The van der Waals surface area contributed by atoms with Crippen LogP contribution in [-0.4, -0.2) is 40.0 Å². The van der Waals surface area contributed by atoms with Crippen LogP contribution in [0.1, 0.15) is 49.8 Å². The van der Waals surface area contributed by atoms with Crippen molar-refractivity contribution >= 4 is 40.3 Å². The number of carbonyl (C=O) groups excluding carboxylic acids is 1. The number of aliphatic hydroxyl groups excluding tert-OH is 1. The molecule has 1 amide bonds. The summed E-state index contributed by atoms with van der Waals surface area (Å²) in [6.45, 7) is 0.105. The van der Waals surface area contributed by atoms with E-state index >= 15 is 0 Å². The van der Waals surface area contributed by atoms with E-state index in [0.29, 0.717) is 39.7 Å². The van der Waals surface area contributed by atoms with Crippen molar-refractivity contribution in [2.24, 2.45) is 23.7 Å². The van der Waals surface area contributed by atoms with Gasteiger partial charge in [0.25, 0.3) is 5.91 Å². The van der Waals surface area contributed by atoms with E-state index in [0.717, 1.165) is 34.5 Å². The van der Waals surface area contributed by atoms with Gasteiger partial charge in [0, 0.05) is 24.3 Å². The Kier molecular flexibility index (Phi) is 6.27. The molecule has 0 atom stereocenters. The highest BCUT2D eigenvalue weighted by Gasteiger charge is 2.53. The van der Waals surface area contributed by atoms with Crippen molar-refractivity contribution in [3.8, 4) is 17.1 Å². The number of furan rings is 1. The number of nitrogens with zero attached hydrogens (tertiary/aromatic N) is 1. The molecule has 7 heteroatoms. The summed E-state index contributed by atoms with van der Waals surface area (Å²) in [6, 6.07) is 10.0. The molecule has 5 nitrogen and oxygen atoms in total. The summed E-state index contributed by atoms with van der Waals surface area (Å²) in [5.74, 6) is 5.08. The highest BCUT2D eigenvalue weighted by atomic mass is 32.2. The Labute approximate surface area is 215 Å². The number of thiocarbonyl (C=S) groups is 1. The van der Waals surface area contributed by atoms with E-state index in [4.69, 9.17) is 21.4 Å². The number of rotatable bonds is 7. The molecule has 184 valence electrons. The summed E-state index contributed by atoms with van der Waals surface area (Å²) in [6.07, 6.45) is 9.57. The largest absolute Gasteiger partial charge is 0.497 e. The Morgan fingerprint density at radius 2 is 1.91 bits per heavy atom. The molecule has 1 saturated heterocycles. The summed E-state index contributed by atoms with van der Waals surface area (Å²) >= 11 is 7.18. The van der Waals surface area contributed by atoms with E-state index in [1.165, 1.54) is 43.9 Å². The lowest BCUT2D eigenvalue weighted by atomic mass is 9.54. The lowest BCUT2D eigenvalue weighted by molar-refractivity contribution is -0.130. The predicted molar refractivity (Wildman–Crippen MR) is 142 cm³/mol. The summed E-state index contributed by atoms with van der Waals surface area (Å²) in [5, 5.41) is 9.41. The number of aryl methyl sites for hydroxylation is 1. The van der Waals surface area contributed by atoms with Crippen LogP contribution in [0.2, 0.25) is 0 Å². The zero-order valence-corrected chi connectivity index (χ0v) is 21.6. The number of aliphatic hydroxyl groups is 1. The Morgan fingerprint density at radius 1 is 1.17 bits per heavy atom. The first-order valence-corrected chi connectivity index (χ1v) is 13.9. The van der Waals surface area contributed by atoms with E-state index in [1.807, 2.05) is 41.3 Å². The Morgan fingerprint density at radius 3 is 2.60 bits per heavy atom. The van der Waals surface area contributed by atoms with Gasteiger partial charge in [-0.15, -0.1) is 0 Å². The Balaban J connectivity index is 1.30. The number of methoxy groups -OCH3 is 1. The van der Waals surface area contributed by atoms with Gasteiger partial charge in [-0.25, -0.2) is 0 Å². The SMILES string of the molecule is COc1cccc(-c2cc(CCCO)c(/C=C3\SC(=S)N(C4C5CC6CC(C5)CC4C6)C3=O)o2)c1. The molecule has 0 radical (unpaired) electrons. The molecular weight excluding hydrogens is 478 g/mol. The summed E-state index contributed by atoms with van der Waals surface area (Å²) < 4.78 is 12.3. The van der Waals surface area contributed by atoms with E-state index in [1.54, 1.807) is 7.11 Å². The molecule has 2 aromatic rings. The highest BCUT2D eigenvalue weighted by Crippen LogP contribution is 2.56. The fourth-order valence-electron chi connectivity index (χ4n) is 7.12. The number of ether oxygens (including phenoxy) is 1. The van der Waals surface area contributed by atoms with E-state index in [2.05, 4.69) is 0 Å². The maximum Gasteiger partial charge on any atom is 0.266 e. The maximum atomic E-state index is 13.7. The molecule has 7 rings (SSSR count). The first-order chi connectivity index (χ1) is 17.0. The van der Waals surface area contributed by atoms with Crippen LogP contribution in [0.4, 0.5) is 0 Å². The molecular formula is C28H31NO4S2. The van der Waals surface area contributed by atoms with E-state index in [-0.39, 0.29) is 18.6 Å². The van der Waals surface area contributed by atoms with Gasteiger partial charge in [-0.3, -0.25) is 9.69 Å². The molecule has 4 bridgehead atoms. The number of hydrogen-bond acceptors (Lipinski definition) is 6. The van der Waals surface area contributed by atoms with Crippen LogP contribution in [0, 0.1) is 23.7 Å². The summed E-state index contributed by atoms with van der Waals surface area (Å²) in [7, 11) is 1.64. The van der Waals surface area contributed by atoms with Crippen molar-refractivity contribution in [3.05, 3.63) is 46.6 Å². The van der Waals surface area contributed by atoms with Crippen LogP contribution in [-0.2, 0) is 11.2 Å². The van der Waals surface area contributed by atoms with Gasteiger partial charge in [-0.05, 0) is 92.4 Å². The van der Waals surface area contributed by atoms with Crippen molar-refractivity contribution in [2.75, 3.05) is 13.7 Å². The smallest absolute Gasteiger partial charge is 0.266 e. The standard InChI is InChI=1S/C28H31NO4S2/c1-32-22-6-2-4-18(13-22)23-14-19(5-3-7-30)24(33-23)15-25-27(31)29(28(34)35-25)26-20-9-16-8-17(11-20)12-21(26)10-16/h2,4,6,13-17,20-21,26,30H,3,5,7-12H2,1H3/b25-15-. The third kappa shape index (κ3) is 4.25. The van der Waals surface area contributed by atoms with Gasteiger partial charge in [0.2, 0.25) is 0 Å². The summed E-state index contributed by atoms with van der Waals surface area (Å²) in [4.78, 5) is 16.3. The molecule has 1 aromatic carbocycles. The van der Waals surface area contributed by atoms with Crippen molar-refractivity contribution in [1.29, 1.82) is 0 Å². The molecule has 2 heterocycles. The molecule has 1 aromatic heterocycles. The molecule has 4 aliphatic carbocycles. The maximum absolute atomic E-state index is 13.7. The third-order valence-corrected chi connectivity index (χ3v) is 9.69. The second kappa shape index (κ2) is 9.41. The number of benzene rings is 1. The second-order valence-corrected chi connectivity index (χ2v) is 12.2. The zero-order chi connectivity index (χ0) is 24.1. The number of thioether (sulfide) groups is 1. The van der Waals surface area contributed by atoms with Crippen LogP contribution in [0.5, 0.6) is 5.75 Å². The lowest BCUT2D eigenvalue weighted by Crippen LogP contribution is -2.57. The minimum absolute atomic E-state index is 0.0323. The average Bonchev–Trinajstić information content (AvgIpc) is 3.38. The normalized spacial score (nSPS) is 30.6. The minimum atomic E-state index is 0.0323. The molecule has 5 aliphatic rings. The topological polar surface area (TPSA) is 62.9 Å². The quantitative estimate of drug-likeness (QED) is 0.370. The fourth-order valence-corrected chi connectivity index (χ4v) is 8.44. The first-order valence-electron chi connectivity index (χ1n) is 12.7. The second-order valence-electron chi connectivity index (χ2n) is 10.5. The lowest BCUT2D eigenvalue weighted by Gasteiger charge is -2.56. The predicted octanol–water partition coefficient (Wildman–Crippen LogP) is 5.91.